The van der Waals surface area contributed by atoms with Crippen molar-refractivity contribution in [2.45, 2.75) is 45.6 Å². The van der Waals surface area contributed by atoms with E-state index >= 15 is 0 Å². The number of amides is 1. The molecule has 4 heteroatoms. The van der Waals surface area contributed by atoms with Gasteiger partial charge in [-0.25, -0.2) is 4.98 Å². The number of carbonyl (C=O) groups is 1. The molecule has 0 spiro atoms. The van der Waals surface area contributed by atoms with Gasteiger partial charge in [0.05, 0.1) is 0 Å². The van der Waals surface area contributed by atoms with Crippen LogP contribution in [0.2, 0.25) is 0 Å². The molecule has 0 bridgehead atoms. The molecule has 0 atom stereocenters. The summed E-state index contributed by atoms with van der Waals surface area (Å²) < 4.78 is 5.55. The van der Waals surface area contributed by atoms with Crippen LogP contribution in [0.3, 0.4) is 0 Å². The third-order valence-electron chi connectivity index (χ3n) is 3.65. The second-order valence-electron chi connectivity index (χ2n) is 5.07. The molecule has 1 heterocycles. The summed E-state index contributed by atoms with van der Waals surface area (Å²) in [5.74, 6) is 0.422. The molecule has 2 aromatic rings. The maximum Gasteiger partial charge on any atom is 0.229 e. The van der Waals surface area contributed by atoms with Crippen LogP contribution in [-0.2, 0) is 11.2 Å². The van der Waals surface area contributed by atoms with Crippen molar-refractivity contribution in [2.75, 3.05) is 0 Å². The van der Waals surface area contributed by atoms with Gasteiger partial charge < -0.3 is 9.73 Å². The first-order valence-electron chi connectivity index (χ1n) is 6.72. The van der Waals surface area contributed by atoms with Crippen LogP contribution in [0.25, 0.3) is 11.1 Å². The Morgan fingerprint density at radius 1 is 1.32 bits per heavy atom. The minimum atomic E-state index is -0.150. The number of hydrogen-bond donors (Lipinski definition) is 1. The molecule has 0 fully saturated rings. The molecular formula is C15H20N2O2. The summed E-state index contributed by atoms with van der Waals surface area (Å²) in [5.41, 5.74) is 1.36. The Balaban J connectivity index is 2.06. The number of hydrogen-bond acceptors (Lipinski definition) is 3. The highest BCUT2D eigenvalue weighted by molar-refractivity contribution is 5.79. The summed E-state index contributed by atoms with van der Waals surface area (Å²) in [7, 11) is 0. The fourth-order valence-electron chi connectivity index (χ4n) is 1.94. The second-order valence-corrected chi connectivity index (χ2v) is 5.07. The number of benzene rings is 1. The van der Waals surface area contributed by atoms with Gasteiger partial charge in [-0.15, -0.1) is 0 Å². The molecule has 1 N–H and O–H groups in total. The standard InChI is InChI=1S/C15H20N2O2/c1-4-15(3,5-2)17-13(18)10-14-16-11-8-6-7-9-12(11)19-14/h6-9H,4-5,10H2,1-3H3,(H,17,18). The number of aromatic nitrogens is 1. The number of nitrogens with one attached hydrogen (secondary N) is 1. The minimum absolute atomic E-state index is 0.0437. The van der Waals surface area contributed by atoms with Gasteiger partial charge >= 0.3 is 0 Å². The van der Waals surface area contributed by atoms with Crippen LogP contribution >= 0.6 is 0 Å². The molecule has 1 aromatic heterocycles. The van der Waals surface area contributed by atoms with Crippen LogP contribution in [0, 0.1) is 0 Å². The van der Waals surface area contributed by atoms with E-state index in [9.17, 15) is 4.79 Å². The molecule has 0 saturated carbocycles. The average molecular weight is 260 g/mol. The van der Waals surface area contributed by atoms with Crippen LogP contribution in [0.1, 0.15) is 39.5 Å². The summed E-state index contributed by atoms with van der Waals surface area (Å²) in [5, 5.41) is 3.05. The Morgan fingerprint density at radius 2 is 2.00 bits per heavy atom. The number of rotatable bonds is 5. The van der Waals surface area contributed by atoms with E-state index in [2.05, 4.69) is 31.1 Å². The van der Waals surface area contributed by atoms with E-state index < -0.39 is 0 Å². The Hall–Kier alpha value is -1.84. The number of oxazole rings is 1. The lowest BCUT2D eigenvalue weighted by atomic mass is 9.95. The summed E-state index contributed by atoms with van der Waals surface area (Å²) in [6.45, 7) is 6.20. The van der Waals surface area contributed by atoms with Gasteiger partial charge in [0, 0.05) is 5.54 Å². The normalized spacial score (nSPS) is 11.7. The van der Waals surface area contributed by atoms with Crippen molar-refractivity contribution in [3.8, 4) is 0 Å². The number of nitrogens with zero attached hydrogens (tertiary/aromatic N) is 1. The van der Waals surface area contributed by atoms with Crippen LogP contribution in [0.4, 0.5) is 0 Å². The lowest BCUT2D eigenvalue weighted by molar-refractivity contribution is -0.122. The van der Waals surface area contributed by atoms with Gasteiger partial charge in [-0.05, 0) is 31.9 Å². The highest BCUT2D eigenvalue weighted by atomic mass is 16.3. The molecule has 0 aliphatic heterocycles. The van der Waals surface area contributed by atoms with Crippen molar-refractivity contribution in [1.82, 2.24) is 10.3 Å². The minimum Gasteiger partial charge on any atom is -0.440 e. The SMILES string of the molecule is CCC(C)(CC)NC(=O)Cc1nc2ccccc2o1. The summed E-state index contributed by atoms with van der Waals surface area (Å²) in [4.78, 5) is 16.3. The molecule has 1 amide bonds. The molecule has 4 nitrogen and oxygen atoms in total. The van der Waals surface area contributed by atoms with E-state index in [4.69, 9.17) is 4.42 Å². The van der Waals surface area contributed by atoms with Crippen LogP contribution < -0.4 is 5.32 Å². The Labute approximate surface area is 113 Å². The maximum atomic E-state index is 12.0. The van der Waals surface area contributed by atoms with Gasteiger partial charge in [0.15, 0.2) is 5.58 Å². The predicted octanol–water partition coefficient (Wildman–Crippen LogP) is 3.07. The first kappa shape index (κ1) is 13.6. The molecular weight excluding hydrogens is 240 g/mol. The van der Waals surface area contributed by atoms with Gasteiger partial charge in [0.1, 0.15) is 11.9 Å². The van der Waals surface area contributed by atoms with Crippen molar-refractivity contribution in [1.29, 1.82) is 0 Å². The van der Waals surface area contributed by atoms with Gasteiger partial charge in [-0.2, -0.15) is 0 Å². The molecule has 102 valence electrons. The lowest BCUT2D eigenvalue weighted by Gasteiger charge is -2.27. The second kappa shape index (κ2) is 5.43. The van der Waals surface area contributed by atoms with Gasteiger partial charge in [-0.1, -0.05) is 26.0 Å². The highest BCUT2D eigenvalue weighted by Gasteiger charge is 2.22. The van der Waals surface area contributed by atoms with Gasteiger partial charge in [-0.3, -0.25) is 4.79 Å². The highest BCUT2D eigenvalue weighted by Crippen LogP contribution is 2.16. The van der Waals surface area contributed by atoms with Crippen molar-refractivity contribution in [3.05, 3.63) is 30.2 Å². The summed E-state index contributed by atoms with van der Waals surface area (Å²) in [6.07, 6.45) is 2.00. The monoisotopic (exact) mass is 260 g/mol. The van der Waals surface area contributed by atoms with Crippen LogP contribution in [0.15, 0.2) is 28.7 Å². The van der Waals surface area contributed by atoms with Crippen LogP contribution in [0.5, 0.6) is 0 Å². The quantitative estimate of drug-likeness (QED) is 0.898. The lowest BCUT2D eigenvalue weighted by Crippen LogP contribution is -2.45. The van der Waals surface area contributed by atoms with E-state index in [-0.39, 0.29) is 17.9 Å². The van der Waals surface area contributed by atoms with Crippen molar-refractivity contribution >= 4 is 17.0 Å². The first-order chi connectivity index (χ1) is 9.06. The number of carbonyl (C=O) groups excluding carboxylic acids is 1. The first-order valence-corrected chi connectivity index (χ1v) is 6.72. The van der Waals surface area contributed by atoms with Gasteiger partial charge in [0.25, 0.3) is 0 Å². The van der Waals surface area contributed by atoms with Crippen molar-refractivity contribution in [2.24, 2.45) is 0 Å². The maximum absolute atomic E-state index is 12.0. The largest absolute Gasteiger partial charge is 0.440 e. The molecule has 1 aromatic carbocycles. The topological polar surface area (TPSA) is 55.1 Å². The Kier molecular flexibility index (Phi) is 3.88. The summed E-state index contributed by atoms with van der Waals surface area (Å²) >= 11 is 0. The third kappa shape index (κ3) is 3.13. The molecule has 0 unspecified atom stereocenters. The third-order valence-corrected chi connectivity index (χ3v) is 3.65. The summed E-state index contributed by atoms with van der Waals surface area (Å²) in [6, 6.07) is 7.52. The molecule has 0 aliphatic rings. The molecule has 0 radical (unpaired) electrons. The average Bonchev–Trinajstić information content (AvgIpc) is 2.80. The van der Waals surface area contributed by atoms with Crippen LogP contribution in [-0.4, -0.2) is 16.4 Å². The fourth-order valence-corrected chi connectivity index (χ4v) is 1.94. The van der Waals surface area contributed by atoms with E-state index in [0.717, 1.165) is 23.9 Å². The molecule has 2 rings (SSSR count). The predicted molar refractivity (Wildman–Crippen MR) is 74.8 cm³/mol. The number of fused-ring (bicyclic) bond motifs is 1. The fraction of sp³-hybridized carbons (Fsp3) is 0.467. The van der Waals surface area contributed by atoms with E-state index in [1.165, 1.54) is 0 Å². The zero-order chi connectivity index (χ0) is 13.9. The zero-order valence-electron chi connectivity index (χ0n) is 11.7. The molecule has 0 saturated heterocycles. The van der Waals surface area contributed by atoms with E-state index in [1.807, 2.05) is 24.3 Å². The smallest absolute Gasteiger partial charge is 0.229 e. The van der Waals surface area contributed by atoms with Gasteiger partial charge in [0.2, 0.25) is 11.8 Å². The van der Waals surface area contributed by atoms with Crippen molar-refractivity contribution in [3.63, 3.8) is 0 Å². The zero-order valence-corrected chi connectivity index (χ0v) is 11.7. The van der Waals surface area contributed by atoms with E-state index in [0.29, 0.717) is 5.89 Å². The molecule has 0 aliphatic carbocycles. The Morgan fingerprint density at radius 3 is 2.63 bits per heavy atom. The van der Waals surface area contributed by atoms with E-state index in [1.54, 1.807) is 0 Å². The molecule has 19 heavy (non-hydrogen) atoms. The van der Waals surface area contributed by atoms with Crippen molar-refractivity contribution < 1.29 is 9.21 Å². The Bertz CT molecular complexity index is 537. The number of para-hydroxylation sites is 2.